The largest absolute Gasteiger partial charge is 0.396 e. The van der Waals surface area contributed by atoms with Crippen LogP contribution < -0.4 is 0 Å². The summed E-state index contributed by atoms with van der Waals surface area (Å²) in [5.74, 6) is -1.67. The topological polar surface area (TPSA) is 115 Å². The molecule has 0 saturated heterocycles. The van der Waals surface area contributed by atoms with Crippen molar-refractivity contribution in [3.8, 4) is 0 Å². The second kappa shape index (κ2) is 7.36. The zero-order valence-electron chi connectivity index (χ0n) is 11.0. The molecule has 6 nitrogen and oxygen atoms in total. The van der Waals surface area contributed by atoms with Gasteiger partial charge < -0.3 is 20.0 Å². The van der Waals surface area contributed by atoms with E-state index in [0.717, 1.165) is 0 Å². The van der Waals surface area contributed by atoms with Gasteiger partial charge in [-0.05, 0) is 18.3 Å². The van der Waals surface area contributed by atoms with Crippen LogP contribution in [0.2, 0.25) is 0 Å². The van der Waals surface area contributed by atoms with E-state index in [0.29, 0.717) is 6.42 Å². The van der Waals surface area contributed by atoms with Crippen molar-refractivity contribution < 1.29 is 29.4 Å². The van der Waals surface area contributed by atoms with E-state index >= 15 is 0 Å². The van der Waals surface area contributed by atoms with Crippen molar-refractivity contribution in [2.45, 2.75) is 33.3 Å². The fourth-order valence-corrected chi connectivity index (χ4v) is 2.57. The third-order valence-electron chi connectivity index (χ3n) is 3.05. The van der Waals surface area contributed by atoms with Crippen LogP contribution in [-0.4, -0.2) is 44.7 Å². The number of carbonyl (C=O) groups excluding carboxylic acids is 1. The maximum atomic E-state index is 11.6. The van der Waals surface area contributed by atoms with E-state index in [4.69, 9.17) is 14.9 Å². The van der Waals surface area contributed by atoms with Gasteiger partial charge in [0.15, 0.2) is 0 Å². The smallest absolute Gasteiger partial charge is 0.332 e. The monoisotopic (exact) mass is 282 g/mol. The first-order valence-corrected chi connectivity index (χ1v) is 7.74. The molecule has 18 heavy (non-hydrogen) atoms. The standard InChI is InChI=1S/C11H23O6P/c1-7(5-12)4-8(2)11(14)9(3)10(13)6-18(15,16)17/h7-9,11-12,14H,4-6H2,1-3H3,(H2,15,16,17)/t7-,8+,9+,11+/m1/s1. The molecule has 0 aliphatic heterocycles. The molecule has 0 aliphatic carbocycles. The Labute approximate surface area is 107 Å². The lowest BCUT2D eigenvalue weighted by Crippen LogP contribution is -2.33. The minimum atomic E-state index is -4.38. The molecule has 0 fully saturated rings. The van der Waals surface area contributed by atoms with Crippen molar-refractivity contribution in [3.63, 3.8) is 0 Å². The van der Waals surface area contributed by atoms with Gasteiger partial charge in [-0.25, -0.2) is 0 Å². The molecular weight excluding hydrogens is 259 g/mol. The second-order valence-corrected chi connectivity index (χ2v) is 6.71. The number of rotatable bonds is 8. The average molecular weight is 282 g/mol. The van der Waals surface area contributed by atoms with Crippen LogP contribution in [0, 0.1) is 17.8 Å². The van der Waals surface area contributed by atoms with Gasteiger partial charge in [0.1, 0.15) is 11.9 Å². The molecule has 0 rings (SSSR count). The summed E-state index contributed by atoms with van der Waals surface area (Å²) in [7, 11) is -4.38. The molecule has 0 bridgehead atoms. The van der Waals surface area contributed by atoms with E-state index in [1.807, 2.05) is 6.92 Å². The van der Waals surface area contributed by atoms with Crippen molar-refractivity contribution in [1.82, 2.24) is 0 Å². The third-order valence-corrected chi connectivity index (χ3v) is 3.77. The number of aliphatic hydroxyl groups is 2. The Bertz CT molecular complexity index is 313. The predicted molar refractivity (Wildman–Crippen MR) is 67.1 cm³/mol. The molecule has 0 amide bonds. The average Bonchev–Trinajstić information content (AvgIpc) is 2.24. The first kappa shape index (κ1) is 17.7. The zero-order chi connectivity index (χ0) is 14.5. The van der Waals surface area contributed by atoms with Crippen LogP contribution in [0.15, 0.2) is 0 Å². The van der Waals surface area contributed by atoms with Crippen LogP contribution in [0.25, 0.3) is 0 Å². The summed E-state index contributed by atoms with van der Waals surface area (Å²) in [5, 5.41) is 18.9. The quantitative estimate of drug-likeness (QED) is 0.479. The number of hydrogen-bond donors (Lipinski definition) is 4. The van der Waals surface area contributed by atoms with Gasteiger partial charge in [0, 0.05) is 12.5 Å². The highest BCUT2D eigenvalue weighted by Crippen LogP contribution is 2.35. The molecule has 0 aliphatic rings. The summed E-state index contributed by atoms with van der Waals surface area (Å²) in [6.07, 6.45) is -1.25. The van der Waals surface area contributed by atoms with E-state index in [9.17, 15) is 14.5 Å². The van der Waals surface area contributed by atoms with Gasteiger partial charge >= 0.3 is 7.60 Å². The summed E-state index contributed by atoms with van der Waals surface area (Å²) >= 11 is 0. The van der Waals surface area contributed by atoms with Crippen molar-refractivity contribution in [3.05, 3.63) is 0 Å². The summed E-state index contributed by atoms with van der Waals surface area (Å²) in [6, 6.07) is 0. The van der Waals surface area contributed by atoms with Crippen LogP contribution >= 0.6 is 7.60 Å². The number of aliphatic hydroxyl groups excluding tert-OH is 2. The van der Waals surface area contributed by atoms with Crippen molar-refractivity contribution >= 4 is 13.4 Å². The van der Waals surface area contributed by atoms with E-state index < -0.39 is 31.6 Å². The van der Waals surface area contributed by atoms with Crippen LogP contribution in [-0.2, 0) is 9.36 Å². The lowest BCUT2D eigenvalue weighted by Gasteiger charge is -2.25. The molecule has 0 saturated carbocycles. The summed E-state index contributed by atoms with van der Waals surface area (Å²) < 4.78 is 10.7. The Hall–Kier alpha value is -0.260. The number of ketones is 1. The highest BCUT2D eigenvalue weighted by Gasteiger charge is 2.31. The Morgan fingerprint density at radius 1 is 1.22 bits per heavy atom. The van der Waals surface area contributed by atoms with Crippen molar-refractivity contribution in [1.29, 1.82) is 0 Å². The van der Waals surface area contributed by atoms with Gasteiger partial charge in [0.05, 0.1) is 6.10 Å². The molecule has 4 atom stereocenters. The van der Waals surface area contributed by atoms with Crippen LogP contribution in [0.4, 0.5) is 0 Å². The Balaban J connectivity index is 4.44. The maximum absolute atomic E-state index is 11.6. The van der Waals surface area contributed by atoms with Gasteiger partial charge in [-0.3, -0.25) is 9.36 Å². The van der Waals surface area contributed by atoms with E-state index in [-0.39, 0.29) is 18.4 Å². The van der Waals surface area contributed by atoms with Crippen molar-refractivity contribution in [2.75, 3.05) is 12.8 Å². The van der Waals surface area contributed by atoms with Crippen LogP contribution in [0.1, 0.15) is 27.2 Å². The molecule has 0 heterocycles. The highest BCUT2D eigenvalue weighted by molar-refractivity contribution is 7.52. The Morgan fingerprint density at radius 3 is 2.11 bits per heavy atom. The highest BCUT2D eigenvalue weighted by atomic mass is 31.2. The molecule has 4 N–H and O–H groups in total. The first-order valence-electron chi connectivity index (χ1n) is 5.94. The lowest BCUT2D eigenvalue weighted by atomic mass is 9.85. The second-order valence-electron chi connectivity index (χ2n) is 5.07. The number of hydrogen-bond acceptors (Lipinski definition) is 4. The van der Waals surface area contributed by atoms with Gasteiger partial charge in [-0.1, -0.05) is 20.8 Å². The van der Waals surface area contributed by atoms with Gasteiger partial charge in [0.25, 0.3) is 0 Å². The van der Waals surface area contributed by atoms with E-state index in [2.05, 4.69) is 0 Å². The molecule has 0 aromatic rings. The molecule has 0 radical (unpaired) electrons. The summed E-state index contributed by atoms with van der Waals surface area (Å²) in [4.78, 5) is 29.0. The van der Waals surface area contributed by atoms with Gasteiger partial charge in [-0.15, -0.1) is 0 Å². The van der Waals surface area contributed by atoms with E-state index in [1.165, 1.54) is 6.92 Å². The van der Waals surface area contributed by atoms with Gasteiger partial charge in [-0.2, -0.15) is 0 Å². The molecule has 7 heteroatoms. The lowest BCUT2D eigenvalue weighted by molar-refractivity contribution is -0.124. The van der Waals surface area contributed by atoms with E-state index in [1.54, 1.807) is 6.92 Å². The Morgan fingerprint density at radius 2 is 1.72 bits per heavy atom. The number of carbonyl (C=O) groups is 1. The van der Waals surface area contributed by atoms with Crippen LogP contribution in [0.3, 0.4) is 0 Å². The maximum Gasteiger partial charge on any atom is 0.332 e. The van der Waals surface area contributed by atoms with Crippen molar-refractivity contribution in [2.24, 2.45) is 17.8 Å². The normalized spacial score (nSPS) is 19.1. The summed E-state index contributed by atoms with van der Waals surface area (Å²) in [5.41, 5.74) is 0. The fourth-order valence-electron chi connectivity index (χ4n) is 1.88. The molecule has 108 valence electrons. The minimum Gasteiger partial charge on any atom is -0.396 e. The molecule has 0 aromatic heterocycles. The minimum absolute atomic E-state index is 0.00185. The third kappa shape index (κ3) is 6.61. The fraction of sp³-hybridized carbons (Fsp3) is 0.909. The first-order chi connectivity index (χ1) is 8.08. The number of Topliss-reactive ketones (excluding diaryl/α,β-unsaturated/α-hetero) is 1. The predicted octanol–water partition coefficient (Wildman–Crippen LogP) is 0.385. The summed E-state index contributed by atoms with van der Waals surface area (Å²) in [6.45, 7) is 5.04. The molecule has 0 aromatic carbocycles. The Kier molecular flexibility index (Phi) is 7.25. The molecular formula is C11H23O6P. The SMILES string of the molecule is C[C@@H](CO)C[C@H](C)[C@H](O)[C@@H](C)C(=O)CP(=O)(O)O. The van der Waals surface area contributed by atoms with Crippen LogP contribution in [0.5, 0.6) is 0 Å². The molecule has 0 unspecified atom stereocenters. The zero-order valence-corrected chi connectivity index (χ0v) is 11.9. The van der Waals surface area contributed by atoms with Gasteiger partial charge in [0.2, 0.25) is 0 Å². The molecule has 0 spiro atoms.